The lowest BCUT2D eigenvalue weighted by Crippen LogP contribution is -2.30. The third-order valence-corrected chi connectivity index (χ3v) is 4.74. The first kappa shape index (κ1) is 16.1. The number of aryl methyl sites for hydroxylation is 2. The van der Waals surface area contributed by atoms with E-state index in [-0.39, 0.29) is 0 Å². The van der Waals surface area contributed by atoms with Crippen LogP contribution in [0.3, 0.4) is 0 Å². The molecule has 1 aliphatic heterocycles. The van der Waals surface area contributed by atoms with Gasteiger partial charge in [-0.2, -0.15) is 0 Å². The van der Waals surface area contributed by atoms with Crippen LogP contribution in [0.25, 0.3) is 0 Å². The van der Waals surface area contributed by atoms with Crippen LogP contribution in [0.1, 0.15) is 36.2 Å². The summed E-state index contributed by atoms with van der Waals surface area (Å²) in [6, 6.07) is 6.94. The van der Waals surface area contributed by atoms with Crippen LogP contribution in [0.4, 0.5) is 5.69 Å². The number of hydrogen-bond acceptors (Lipinski definition) is 3. The van der Waals surface area contributed by atoms with Crippen molar-refractivity contribution < 1.29 is 0 Å². The van der Waals surface area contributed by atoms with Crippen LogP contribution >= 0.6 is 0 Å². The Balaban J connectivity index is 1.64. The van der Waals surface area contributed by atoms with Gasteiger partial charge in [-0.1, -0.05) is 12.1 Å². The van der Waals surface area contributed by atoms with Crippen molar-refractivity contribution in [2.24, 2.45) is 7.05 Å². The number of benzene rings is 1. The number of anilines is 1. The molecule has 0 N–H and O–H groups in total. The Labute approximate surface area is 139 Å². The summed E-state index contributed by atoms with van der Waals surface area (Å²) in [5.74, 6) is 1.11. The van der Waals surface area contributed by atoms with Crippen molar-refractivity contribution in [3.8, 4) is 0 Å². The number of rotatable bonds is 5. The van der Waals surface area contributed by atoms with Crippen molar-refractivity contribution in [3.05, 3.63) is 47.5 Å². The maximum absolute atomic E-state index is 4.40. The van der Waals surface area contributed by atoms with Gasteiger partial charge in [0.2, 0.25) is 0 Å². The fourth-order valence-electron chi connectivity index (χ4n) is 3.46. The molecule has 0 amide bonds. The molecule has 1 aliphatic rings. The van der Waals surface area contributed by atoms with Gasteiger partial charge in [0.05, 0.1) is 6.54 Å². The maximum atomic E-state index is 4.40. The SMILES string of the molecule is Cc1cc(CN(C)Cc2nccn2C)ccc1N1CCCCC1. The van der Waals surface area contributed by atoms with E-state index in [1.807, 2.05) is 19.4 Å². The fraction of sp³-hybridized carbons (Fsp3) is 0.526. The number of imidazole rings is 1. The second-order valence-corrected chi connectivity index (χ2v) is 6.80. The first-order chi connectivity index (χ1) is 11.1. The van der Waals surface area contributed by atoms with Crippen LogP contribution in [0.5, 0.6) is 0 Å². The highest BCUT2D eigenvalue weighted by molar-refractivity contribution is 5.54. The number of aromatic nitrogens is 2. The number of hydrogen-bond donors (Lipinski definition) is 0. The minimum atomic E-state index is 0.871. The molecule has 23 heavy (non-hydrogen) atoms. The van der Waals surface area contributed by atoms with Gasteiger partial charge in [-0.15, -0.1) is 0 Å². The third-order valence-electron chi connectivity index (χ3n) is 4.74. The third kappa shape index (κ3) is 3.94. The van der Waals surface area contributed by atoms with Crippen LogP contribution in [-0.4, -0.2) is 34.6 Å². The van der Waals surface area contributed by atoms with Crippen LogP contribution in [0.2, 0.25) is 0 Å². The lowest BCUT2D eigenvalue weighted by molar-refractivity contribution is 0.307. The Morgan fingerprint density at radius 1 is 1.13 bits per heavy atom. The van der Waals surface area contributed by atoms with E-state index in [4.69, 9.17) is 0 Å². The van der Waals surface area contributed by atoms with Crippen LogP contribution in [0, 0.1) is 6.92 Å². The number of piperidine rings is 1. The molecule has 0 unspecified atom stereocenters. The van der Waals surface area contributed by atoms with Gasteiger partial charge in [0, 0.05) is 44.8 Å². The summed E-state index contributed by atoms with van der Waals surface area (Å²) in [4.78, 5) is 9.26. The van der Waals surface area contributed by atoms with Crippen molar-refractivity contribution in [1.29, 1.82) is 0 Å². The molecular weight excluding hydrogens is 284 g/mol. The van der Waals surface area contributed by atoms with Crippen LogP contribution in [-0.2, 0) is 20.1 Å². The molecule has 2 aromatic rings. The van der Waals surface area contributed by atoms with Crippen molar-refractivity contribution in [1.82, 2.24) is 14.5 Å². The summed E-state index contributed by atoms with van der Waals surface area (Å²) in [5.41, 5.74) is 4.19. The van der Waals surface area contributed by atoms with Crippen LogP contribution in [0.15, 0.2) is 30.6 Å². The average molecular weight is 312 g/mol. The molecule has 0 saturated carbocycles. The molecule has 3 rings (SSSR count). The summed E-state index contributed by atoms with van der Waals surface area (Å²) < 4.78 is 2.08. The average Bonchev–Trinajstić information content (AvgIpc) is 2.93. The molecule has 0 spiro atoms. The van der Waals surface area contributed by atoms with Crippen molar-refractivity contribution in [2.45, 2.75) is 39.3 Å². The molecule has 2 heterocycles. The first-order valence-corrected chi connectivity index (χ1v) is 8.63. The monoisotopic (exact) mass is 312 g/mol. The van der Waals surface area contributed by atoms with E-state index >= 15 is 0 Å². The highest BCUT2D eigenvalue weighted by Crippen LogP contribution is 2.25. The molecule has 0 atom stereocenters. The Bertz CT molecular complexity index is 641. The second-order valence-electron chi connectivity index (χ2n) is 6.80. The quantitative estimate of drug-likeness (QED) is 0.846. The molecular formula is C19H28N4. The van der Waals surface area contributed by atoms with Gasteiger partial charge in [0.15, 0.2) is 0 Å². The van der Waals surface area contributed by atoms with E-state index in [1.54, 1.807) is 0 Å². The summed E-state index contributed by atoms with van der Waals surface area (Å²) in [5, 5.41) is 0. The van der Waals surface area contributed by atoms with E-state index in [1.165, 1.54) is 49.2 Å². The molecule has 1 aromatic heterocycles. The van der Waals surface area contributed by atoms with Gasteiger partial charge >= 0.3 is 0 Å². The van der Waals surface area contributed by atoms with Crippen molar-refractivity contribution in [3.63, 3.8) is 0 Å². The maximum Gasteiger partial charge on any atom is 0.122 e. The molecule has 1 saturated heterocycles. The van der Waals surface area contributed by atoms with Gasteiger partial charge in [0.25, 0.3) is 0 Å². The predicted octanol–water partition coefficient (Wildman–Crippen LogP) is 3.35. The Morgan fingerprint density at radius 2 is 1.91 bits per heavy atom. The molecule has 0 bridgehead atoms. The Hall–Kier alpha value is -1.81. The lowest BCUT2D eigenvalue weighted by atomic mass is 10.1. The van der Waals surface area contributed by atoms with Crippen molar-refractivity contribution in [2.75, 3.05) is 25.0 Å². The molecule has 1 aromatic carbocycles. The zero-order valence-corrected chi connectivity index (χ0v) is 14.6. The van der Waals surface area contributed by atoms with Gasteiger partial charge in [-0.05, 0) is 50.4 Å². The first-order valence-electron chi connectivity index (χ1n) is 8.63. The van der Waals surface area contributed by atoms with E-state index in [0.29, 0.717) is 0 Å². The van der Waals surface area contributed by atoms with E-state index in [0.717, 1.165) is 18.9 Å². The van der Waals surface area contributed by atoms with Gasteiger partial charge < -0.3 is 9.47 Å². The summed E-state index contributed by atoms with van der Waals surface area (Å²) in [7, 11) is 4.20. The van der Waals surface area contributed by atoms with E-state index in [9.17, 15) is 0 Å². The highest BCUT2D eigenvalue weighted by Gasteiger charge is 2.13. The zero-order chi connectivity index (χ0) is 16.2. The van der Waals surface area contributed by atoms with E-state index < -0.39 is 0 Å². The second kappa shape index (κ2) is 7.18. The standard InChI is InChI=1S/C19H28N4/c1-16-13-17(7-8-18(16)23-10-5-4-6-11-23)14-21(2)15-19-20-9-12-22(19)3/h7-9,12-13H,4-6,10-11,14-15H2,1-3H3. The summed E-state index contributed by atoms with van der Waals surface area (Å²) in [6.07, 6.45) is 7.90. The normalized spacial score (nSPS) is 15.4. The zero-order valence-electron chi connectivity index (χ0n) is 14.6. The van der Waals surface area contributed by atoms with Gasteiger partial charge in [-0.3, -0.25) is 4.90 Å². The van der Waals surface area contributed by atoms with E-state index in [2.05, 4.69) is 51.5 Å². The number of nitrogens with zero attached hydrogens (tertiary/aromatic N) is 4. The van der Waals surface area contributed by atoms with Crippen molar-refractivity contribution >= 4 is 5.69 Å². The predicted molar refractivity (Wildman–Crippen MR) is 95.6 cm³/mol. The molecule has 0 radical (unpaired) electrons. The summed E-state index contributed by atoms with van der Waals surface area (Å²) >= 11 is 0. The Morgan fingerprint density at radius 3 is 2.57 bits per heavy atom. The molecule has 124 valence electrons. The molecule has 1 fully saturated rings. The largest absolute Gasteiger partial charge is 0.371 e. The topological polar surface area (TPSA) is 24.3 Å². The minimum absolute atomic E-state index is 0.871. The lowest BCUT2D eigenvalue weighted by Gasteiger charge is -2.30. The molecule has 4 nitrogen and oxygen atoms in total. The smallest absolute Gasteiger partial charge is 0.122 e. The van der Waals surface area contributed by atoms with Gasteiger partial charge in [0.1, 0.15) is 5.82 Å². The highest BCUT2D eigenvalue weighted by atomic mass is 15.2. The van der Waals surface area contributed by atoms with Gasteiger partial charge in [-0.25, -0.2) is 4.98 Å². The Kier molecular flexibility index (Phi) is 5.01. The van der Waals surface area contributed by atoms with Crippen LogP contribution < -0.4 is 4.90 Å². The minimum Gasteiger partial charge on any atom is -0.371 e. The molecule has 4 heteroatoms. The fourth-order valence-corrected chi connectivity index (χ4v) is 3.46. The summed E-state index contributed by atoms with van der Waals surface area (Å²) in [6.45, 7) is 6.48. The molecule has 0 aliphatic carbocycles.